The van der Waals surface area contributed by atoms with Crippen LogP contribution in [0.2, 0.25) is 5.02 Å². The van der Waals surface area contributed by atoms with Crippen molar-refractivity contribution in [3.05, 3.63) is 34.9 Å². The van der Waals surface area contributed by atoms with E-state index >= 15 is 0 Å². The Morgan fingerprint density at radius 3 is 2.70 bits per heavy atom. The highest BCUT2D eigenvalue weighted by Crippen LogP contribution is 2.35. The topological polar surface area (TPSA) is 24.4 Å². The number of hydrogen-bond donors (Lipinski definition) is 1. The predicted molar refractivity (Wildman–Crippen MR) is 90.8 cm³/mol. The van der Waals surface area contributed by atoms with Crippen molar-refractivity contribution in [2.75, 3.05) is 12.3 Å². The van der Waals surface area contributed by atoms with Crippen LogP contribution in [-0.2, 0) is 0 Å². The second-order valence-corrected chi connectivity index (χ2v) is 6.94. The van der Waals surface area contributed by atoms with Crippen molar-refractivity contribution < 1.29 is 0 Å². The normalized spacial score (nSPS) is 19.3. The third kappa shape index (κ3) is 3.70. The summed E-state index contributed by atoms with van der Waals surface area (Å²) in [5.74, 6) is 1.16. The predicted octanol–water partition coefficient (Wildman–Crippen LogP) is 4.90. The Labute approximate surface area is 131 Å². The minimum atomic E-state index is 0.232. The molecule has 2 rings (SSSR count). The third-order valence-corrected chi connectivity index (χ3v) is 5.77. The molecule has 0 aromatic heterocycles. The molecule has 0 fully saturated rings. The van der Waals surface area contributed by atoms with Gasteiger partial charge in [0.15, 0.2) is 5.17 Å². The Morgan fingerprint density at radius 2 is 2.15 bits per heavy atom. The maximum absolute atomic E-state index is 6.04. The van der Waals surface area contributed by atoms with Gasteiger partial charge >= 0.3 is 0 Å². The summed E-state index contributed by atoms with van der Waals surface area (Å²) in [6.45, 7) is 7.63. The fourth-order valence-electron chi connectivity index (χ4n) is 2.36. The first-order chi connectivity index (χ1) is 9.58. The molecular weight excluding hydrogens is 288 g/mol. The fraction of sp³-hybridized carbons (Fsp3) is 0.562. The molecule has 0 saturated heterocycles. The lowest BCUT2D eigenvalue weighted by Gasteiger charge is -2.34. The summed E-state index contributed by atoms with van der Waals surface area (Å²) in [6, 6.07) is 8.23. The van der Waals surface area contributed by atoms with Crippen molar-refractivity contribution >= 4 is 28.5 Å². The lowest BCUT2D eigenvalue weighted by Crippen LogP contribution is -2.35. The summed E-state index contributed by atoms with van der Waals surface area (Å²) in [6.07, 6.45) is 2.41. The number of rotatable bonds is 4. The zero-order valence-electron chi connectivity index (χ0n) is 12.4. The van der Waals surface area contributed by atoms with Crippen LogP contribution in [0.5, 0.6) is 0 Å². The molecule has 20 heavy (non-hydrogen) atoms. The van der Waals surface area contributed by atoms with Gasteiger partial charge in [0.2, 0.25) is 0 Å². The SMILES string of the molecule is CCC1(CC)CN=C(NC(C)c2cccc(Cl)c2)SC1. The molecule has 1 unspecified atom stereocenters. The number of thioether (sulfide) groups is 1. The first-order valence-corrected chi connectivity index (χ1v) is 8.64. The number of amidine groups is 1. The fourth-order valence-corrected chi connectivity index (χ4v) is 3.92. The van der Waals surface area contributed by atoms with Gasteiger partial charge in [-0.1, -0.05) is 49.3 Å². The number of nitrogens with zero attached hydrogens (tertiary/aromatic N) is 1. The highest BCUT2D eigenvalue weighted by atomic mass is 35.5. The number of aliphatic imine (C=N–C) groups is 1. The van der Waals surface area contributed by atoms with Crippen molar-refractivity contribution in [3.63, 3.8) is 0 Å². The summed E-state index contributed by atoms with van der Waals surface area (Å²) >= 11 is 7.90. The van der Waals surface area contributed by atoms with E-state index in [0.29, 0.717) is 5.41 Å². The number of nitrogens with one attached hydrogen (secondary N) is 1. The van der Waals surface area contributed by atoms with E-state index in [0.717, 1.165) is 22.5 Å². The highest BCUT2D eigenvalue weighted by Gasteiger charge is 2.30. The molecule has 0 aliphatic carbocycles. The van der Waals surface area contributed by atoms with Crippen LogP contribution in [0.25, 0.3) is 0 Å². The molecule has 0 saturated carbocycles. The van der Waals surface area contributed by atoms with E-state index in [1.807, 2.05) is 30.0 Å². The molecule has 1 aliphatic rings. The molecule has 1 heterocycles. The number of hydrogen-bond acceptors (Lipinski definition) is 3. The zero-order valence-corrected chi connectivity index (χ0v) is 14.0. The molecule has 1 aromatic rings. The van der Waals surface area contributed by atoms with Crippen molar-refractivity contribution in [2.24, 2.45) is 10.4 Å². The van der Waals surface area contributed by atoms with Crippen molar-refractivity contribution in [2.45, 2.75) is 39.7 Å². The summed E-state index contributed by atoms with van der Waals surface area (Å²) < 4.78 is 0. The smallest absolute Gasteiger partial charge is 0.157 e. The molecule has 0 amide bonds. The lowest BCUT2D eigenvalue weighted by molar-refractivity contribution is 0.318. The van der Waals surface area contributed by atoms with Crippen LogP contribution in [0, 0.1) is 5.41 Å². The van der Waals surface area contributed by atoms with Crippen LogP contribution in [0.1, 0.15) is 45.2 Å². The second kappa shape index (κ2) is 6.86. The van der Waals surface area contributed by atoms with Gasteiger partial charge in [0, 0.05) is 17.3 Å². The van der Waals surface area contributed by atoms with E-state index in [1.165, 1.54) is 18.4 Å². The van der Waals surface area contributed by atoms with E-state index in [4.69, 9.17) is 16.6 Å². The minimum absolute atomic E-state index is 0.232. The zero-order chi connectivity index (χ0) is 14.6. The molecule has 110 valence electrons. The van der Waals surface area contributed by atoms with E-state index < -0.39 is 0 Å². The molecule has 0 radical (unpaired) electrons. The van der Waals surface area contributed by atoms with Gasteiger partial charge in [0.25, 0.3) is 0 Å². The Morgan fingerprint density at radius 1 is 1.40 bits per heavy atom. The van der Waals surface area contributed by atoms with E-state index in [1.54, 1.807) is 0 Å². The maximum Gasteiger partial charge on any atom is 0.157 e. The van der Waals surface area contributed by atoms with Crippen molar-refractivity contribution in [1.82, 2.24) is 5.32 Å². The largest absolute Gasteiger partial charge is 0.358 e. The summed E-state index contributed by atoms with van der Waals surface area (Å²) in [7, 11) is 0. The van der Waals surface area contributed by atoms with Crippen LogP contribution < -0.4 is 5.32 Å². The van der Waals surface area contributed by atoms with Crippen LogP contribution in [-0.4, -0.2) is 17.5 Å². The second-order valence-electron chi connectivity index (χ2n) is 5.54. The molecule has 2 nitrogen and oxygen atoms in total. The van der Waals surface area contributed by atoms with Gasteiger partial charge < -0.3 is 5.32 Å². The molecule has 1 aliphatic heterocycles. The Balaban J connectivity index is 1.99. The molecular formula is C16H23ClN2S. The molecule has 0 bridgehead atoms. The maximum atomic E-state index is 6.04. The van der Waals surface area contributed by atoms with Crippen molar-refractivity contribution in [1.29, 1.82) is 0 Å². The third-order valence-electron chi connectivity index (χ3n) is 4.26. The molecule has 1 aromatic carbocycles. The Kier molecular flexibility index (Phi) is 5.39. The number of benzene rings is 1. The average Bonchev–Trinajstić information content (AvgIpc) is 2.48. The van der Waals surface area contributed by atoms with Gasteiger partial charge in [0.1, 0.15) is 0 Å². The first kappa shape index (κ1) is 15.7. The molecule has 1 atom stereocenters. The lowest BCUT2D eigenvalue weighted by atomic mass is 9.84. The molecule has 4 heteroatoms. The van der Waals surface area contributed by atoms with Crippen LogP contribution in [0.3, 0.4) is 0 Å². The average molecular weight is 311 g/mol. The minimum Gasteiger partial charge on any atom is -0.358 e. The quantitative estimate of drug-likeness (QED) is 0.855. The van der Waals surface area contributed by atoms with Gasteiger partial charge in [-0.25, -0.2) is 0 Å². The monoisotopic (exact) mass is 310 g/mol. The van der Waals surface area contributed by atoms with E-state index in [-0.39, 0.29) is 6.04 Å². The van der Waals surface area contributed by atoms with E-state index in [2.05, 4.69) is 32.2 Å². The Bertz CT molecular complexity index is 483. The first-order valence-electron chi connectivity index (χ1n) is 7.28. The van der Waals surface area contributed by atoms with Gasteiger partial charge in [0.05, 0.1) is 6.04 Å². The van der Waals surface area contributed by atoms with Gasteiger partial charge in [-0.3, -0.25) is 4.99 Å². The van der Waals surface area contributed by atoms with Crippen molar-refractivity contribution in [3.8, 4) is 0 Å². The van der Waals surface area contributed by atoms with Crippen LogP contribution >= 0.6 is 23.4 Å². The van der Waals surface area contributed by atoms with Gasteiger partial charge in [-0.05, 0) is 42.9 Å². The molecule has 1 N–H and O–H groups in total. The van der Waals surface area contributed by atoms with E-state index in [9.17, 15) is 0 Å². The van der Waals surface area contributed by atoms with Gasteiger partial charge in [-0.15, -0.1) is 0 Å². The Hall–Kier alpha value is -0.670. The van der Waals surface area contributed by atoms with Gasteiger partial charge in [-0.2, -0.15) is 0 Å². The van der Waals surface area contributed by atoms with Crippen LogP contribution in [0.4, 0.5) is 0 Å². The standard InChI is InChI=1S/C16H23ClN2S/c1-4-16(5-2)10-18-15(20-11-16)19-12(3)13-7-6-8-14(17)9-13/h6-9,12H,4-5,10-11H2,1-3H3,(H,18,19). The molecule has 0 spiro atoms. The summed E-state index contributed by atoms with van der Waals surface area (Å²) in [5.41, 5.74) is 1.60. The highest BCUT2D eigenvalue weighted by molar-refractivity contribution is 8.13. The number of halogens is 1. The van der Waals surface area contributed by atoms with Crippen LogP contribution in [0.15, 0.2) is 29.3 Å². The summed E-state index contributed by atoms with van der Waals surface area (Å²) in [5, 5.41) is 5.35. The summed E-state index contributed by atoms with van der Waals surface area (Å²) in [4.78, 5) is 4.75.